The molecule has 2 aromatic carbocycles. The van der Waals surface area contributed by atoms with E-state index in [2.05, 4.69) is 36.6 Å². The molecule has 1 unspecified atom stereocenters. The largest absolute Gasteiger partial charge is 0.361 e. The Morgan fingerprint density at radius 3 is 1.98 bits per heavy atom. The van der Waals surface area contributed by atoms with E-state index in [0.29, 0.717) is 45.1 Å². The van der Waals surface area contributed by atoms with Crippen LogP contribution in [0, 0.1) is 5.92 Å². The lowest BCUT2D eigenvalue weighted by Crippen LogP contribution is -2.65. The van der Waals surface area contributed by atoms with E-state index in [1.54, 1.807) is 11.9 Å². The number of amides is 6. The minimum Gasteiger partial charge on any atom is -0.361 e. The van der Waals surface area contributed by atoms with Crippen LogP contribution < -0.4 is 26.6 Å². The van der Waals surface area contributed by atoms with Gasteiger partial charge >= 0.3 is 0 Å². The topological polar surface area (TPSA) is 201 Å². The van der Waals surface area contributed by atoms with Crippen molar-refractivity contribution in [3.63, 3.8) is 0 Å². The molecule has 2 saturated carbocycles. The third-order valence-electron chi connectivity index (χ3n) is 13.8. The lowest BCUT2D eigenvalue weighted by atomic mass is 9.84. The van der Waals surface area contributed by atoms with E-state index in [4.69, 9.17) is 0 Å². The van der Waals surface area contributed by atoms with Gasteiger partial charge in [0, 0.05) is 59.6 Å². The molecule has 2 aromatic heterocycles. The fourth-order valence-electron chi connectivity index (χ4n) is 10.6. The zero-order valence-electron chi connectivity index (χ0n) is 35.9. The van der Waals surface area contributed by atoms with E-state index in [0.717, 1.165) is 58.6 Å². The number of para-hydroxylation sites is 2. The van der Waals surface area contributed by atoms with Crippen LogP contribution >= 0.6 is 0 Å². The van der Waals surface area contributed by atoms with Gasteiger partial charge in [0.2, 0.25) is 35.4 Å². The molecule has 8 rings (SSSR count). The van der Waals surface area contributed by atoms with Gasteiger partial charge in [-0.25, -0.2) is 0 Å². The van der Waals surface area contributed by atoms with Gasteiger partial charge in [-0.3, -0.25) is 28.8 Å². The van der Waals surface area contributed by atoms with Gasteiger partial charge in [0.05, 0.1) is 6.54 Å². The highest BCUT2D eigenvalue weighted by atomic mass is 16.2. The molecule has 1 spiro atoms. The van der Waals surface area contributed by atoms with E-state index in [-0.39, 0.29) is 50.2 Å². The highest BCUT2D eigenvalue weighted by Gasteiger charge is 2.50. The molecule has 15 nitrogen and oxygen atoms in total. The Balaban J connectivity index is 1.20. The molecule has 4 fully saturated rings. The van der Waals surface area contributed by atoms with E-state index >= 15 is 0 Å². The van der Waals surface area contributed by atoms with Crippen molar-refractivity contribution in [1.29, 1.82) is 0 Å². The Bertz CT molecular complexity index is 2300. The van der Waals surface area contributed by atoms with Crippen LogP contribution in [0.5, 0.6) is 0 Å². The van der Waals surface area contributed by atoms with Gasteiger partial charge in [0.15, 0.2) is 0 Å². The molecule has 7 N–H and O–H groups in total. The van der Waals surface area contributed by atoms with Crippen LogP contribution in [0.1, 0.15) is 88.7 Å². The maximum absolute atomic E-state index is 14.8. The van der Waals surface area contributed by atoms with Crippen molar-refractivity contribution in [3.05, 3.63) is 72.1 Å². The van der Waals surface area contributed by atoms with E-state index in [9.17, 15) is 28.8 Å². The first kappa shape index (κ1) is 43.0. The van der Waals surface area contributed by atoms with Crippen LogP contribution in [0.25, 0.3) is 21.8 Å². The standard InChI is InChI=1S/C47H61N9O6/c1-3-22-55-28-41(57)56-39-17-9-4-12-29(39)25-40(56)44(60)52-38(24-31-27-50-35-16-8-6-14-33(31)35)43(59)54-47(19-10-11-20-47)46(62)53-37(42(58)51-36(45(55)61)18-21-48-2)23-30-26-49-34-15-7-5-13-32(30)34/h5-8,13-16,26-27,29,36-40,48-50H,3-4,9-12,17-25,28H2,1-2H3,(H,51,58)(H,52,60)(H,53,62)(H,54,59)/t29?,36-,37-,38-,39-,40-/m0/s1. The van der Waals surface area contributed by atoms with Gasteiger partial charge in [-0.2, -0.15) is 0 Å². The minimum absolute atomic E-state index is 0.105. The molecule has 6 amide bonds. The molecule has 62 heavy (non-hydrogen) atoms. The molecule has 330 valence electrons. The van der Waals surface area contributed by atoms with E-state index in [1.165, 1.54) is 4.90 Å². The summed E-state index contributed by atoms with van der Waals surface area (Å²) in [5, 5.41) is 17.1. The normalized spacial score (nSPS) is 26.5. The maximum Gasteiger partial charge on any atom is 0.246 e. The summed E-state index contributed by atoms with van der Waals surface area (Å²) in [5.41, 5.74) is 2.01. The van der Waals surface area contributed by atoms with E-state index < -0.39 is 59.2 Å². The highest BCUT2D eigenvalue weighted by Crippen LogP contribution is 2.40. The Hall–Kier alpha value is -5.70. The summed E-state index contributed by atoms with van der Waals surface area (Å²) in [6.07, 6.45) is 10.7. The maximum atomic E-state index is 14.8. The number of carbonyl (C=O) groups is 6. The number of benzene rings is 2. The van der Waals surface area contributed by atoms with Crippen LogP contribution in [-0.4, -0.2) is 118 Å². The van der Waals surface area contributed by atoms with Crippen LogP contribution in [0.3, 0.4) is 0 Å². The first-order valence-electron chi connectivity index (χ1n) is 22.7. The molecular formula is C47H61N9O6. The molecule has 0 bridgehead atoms. The van der Waals surface area contributed by atoms with Crippen molar-refractivity contribution < 1.29 is 28.8 Å². The Kier molecular flexibility index (Phi) is 13.0. The van der Waals surface area contributed by atoms with Crippen molar-refractivity contribution in [2.75, 3.05) is 26.7 Å². The monoisotopic (exact) mass is 847 g/mol. The van der Waals surface area contributed by atoms with Crippen LogP contribution in [0.15, 0.2) is 60.9 Å². The van der Waals surface area contributed by atoms with Gasteiger partial charge in [0.25, 0.3) is 0 Å². The summed E-state index contributed by atoms with van der Waals surface area (Å²) >= 11 is 0. The number of rotatable bonds is 9. The predicted octanol–water partition coefficient (Wildman–Crippen LogP) is 3.34. The summed E-state index contributed by atoms with van der Waals surface area (Å²) in [6, 6.07) is 11.2. The quantitative estimate of drug-likeness (QED) is 0.134. The van der Waals surface area contributed by atoms with Gasteiger partial charge in [-0.1, -0.05) is 69.0 Å². The number of nitrogens with one attached hydrogen (secondary N) is 7. The van der Waals surface area contributed by atoms with Crippen LogP contribution in [0.2, 0.25) is 0 Å². The second kappa shape index (κ2) is 18.7. The first-order valence-corrected chi connectivity index (χ1v) is 22.7. The fourth-order valence-corrected chi connectivity index (χ4v) is 10.6. The number of H-pyrrole nitrogens is 2. The van der Waals surface area contributed by atoms with Crippen LogP contribution in [-0.2, 0) is 41.6 Å². The second-order valence-corrected chi connectivity index (χ2v) is 17.9. The summed E-state index contributed by atoms with van der Waals surface area (Å²) < 4.78 is 0. The number of fused-ring (bicyclic) bond motifs is 5. The van der Waals surface area contributed by atoms with Gasteiger partial charge in [-0.05, 0) is 87.7 Å². The summed E-state index contributed by atoms with van der Waals surface area (Å²) in [5.74, 6) is -2.60. The number of carbonyl (C=O) groups excluding carboxylic acids is 6. The molecule has 4 aliphatic rings. The molecule has 4 aromatic rings. The Labute approximate surface area is 362 Å². The van der Waals surface area contributed by atoms with Crippen molar-refractivity contribution in [1.82, 2.24) is 46.4 Å². The lowest BCUT2D eigenvalue weighted by molar-refractivity contribution is -0.147. The first-order chi connectivity index (χ1) is 30.1. The number of aromatic amines is 2. The van der Waals surface area contributed by atoms with Gasteiger partial charge in [-0.15, -0.1) is 0 Å². The molecular weight excluding hydrogens is 787 g/mol. The number of hydrogen-bond acceptors (Lipinski definition) is 7. The average Bonchev–Trinajstić information content (AvgIpc) is 4.10. The zero-order valence-corrected chi connectivity index (χ0v) is 35.9. The smallest absolute Gasteiger partial charge is 0.246 e. The Morgan fingerprint density at radius 1 is 0.726 bits per heavy atom. The lowest BCUT2D eigenvalue weighted by Gasteiger charge is -2.37. The predicted molar refractivity (Wildman–Crippen MR) is 236 cm³/mol. The molecule has 0 radical (unpaired) electrons. The molecule has 2 aliphatic carbocycles. The van der Waals surface area contributed by atoms with Gasteiger partial charge < -0.3 is 46.4 Å². The number of aromatic nitrogens is 2. The molecule has 4 heterocycles. The zero-order chi connectivity index (χ0) is 43.4. The molecule has 15 heteroatoms. The summed E-state index contributed by atoms with van der Waals surface area (Å²) in [4.78, 5) is 98.2. The SMILES string of the molecule is CCCN1CC(=O)N2[C@@H](CC3CCCC[C@@H]32)C(=O)N[C@@H](Cc2c[nH]c3ccccc23)C(=O)NC2(CCCC2)C(=O)N[C@@H](Cc2c[nH]c3ccccc23)C(=O)N[C@@H](CCNC)C1=O. The molecule has 6 atom stereocenters. The van der Waals surface area contributed by atoms with Crippen molar-refractivity contribution in [2.24, 2.45) is 5.92 Å². The van der Waals surface area contributed by atoms with Crippen molar-refractivity contribution in [3.8, 4) is 0 Å². The van der Waals surface area contributed by atoms with Crippen molar-refractivity contribution >= 4 is 57.2 Å². The van der Waals surface area contributed by atoms with E-state index in [1.807, 2.05) is 67.8 Å². The third kappa shape index (κ3) is 8.81. The highest BCUT2D eigenvalue weighted by molar-refractivity contribution is 6.00. The number of nitrogens with zero attached hydrogens (tertiary/aromatic N) is 2. The van der Waals surface area contributed by atoms with Crippen LogP contribution in [0.4, 0.5) is 0 Å². The summed E-state index contributed by atoms with van der Waals surface area (Å²) in [6.45, 7) is 2.33. The second-order valence-electron chi connectivity index (χ2n) is 17.9. The van der Waals surface area contributed by atoms with Gasteiger partial charge in [0.1, 0.15) is 29.7 Å². The number of hydrogen-bond donors (Lipinski definition) is 7. The fraction of sp³-hybridized carbons (Fsp3) is 0.532. The minimum atomic E-state index is -1.37. The Morgan fingerprint density at radius 2 is 1.34 bits per heavy atom. The summed E-state index contributed by atoms with van der Waals surface area (Å²) in [7, 11) is 1.76. The average molecular weight is 848 g/mol. The van der Waals surface area contributed by atoms with Crippen molar-refractivity contribution in [2.45, 2.75) is 126 Å². The molecule has 2 aliphatic heterocycles. The third-order valence-corrected chi connectivity index (χ3v) is 13.8. The molecule has 2 saturated heterocycles.